The highest BCUT2D eigenvalue weighted by atomic mass is 19.1. The summed E-state index contributed by atoms with van der Waals surface area (Å²) in [5.74, 6) is -0.193. The molecule has 3 N–H and O–H groups in total. The Hall–Kier alpha value is -1.58. The van der Waals surface area contributed by atoms with Crippen LogP contribution in [0.5, 0.6) is 0 Å². The molecule has 92 valence electrons. The highest BCUT2D eigenvalue weighted by Gasteiger charge is 2.47. The van der Waals surface area contributed by atoms with Crippen LogP contribution in [0.25, 0.3) is 0 Å². The molecule has 4 heteroatoms. The highest BCUT2D eigenvalue weighted by Crippen LogP contribution is 2.40. The van der Waals surface area contributed by atoms with Gasteiger partial charge in [-0.3, -0.25) is 4.79 Å². The van der Waals surface area contributed by atoms with Crippen molar-refractivity contribution >= 4 is 11.6 Å². The van der Waals surface area contributed by atoms with Crippen molar-refractivity contribution in [2.75, 3.05) is 5.32 Å². The van der Waals surface area contributed by atoms with Gasteiger partial charge in [-0.2, -0.15) is 0 Å². The Bertz CT molecular complexity index is 432. The molecule has 1 aliphatic carbocycles. The van der Waals surface area contributed by atoms with Gasteiger partial charge in [-0.1, -0.05) is 6.92 Å². The van der Waals surface area contributed by atoms with Crippen molar-refractivity contribution in [1.82, 2.24) is 0 Å². The number of anilines is 1. The molecular weight excluding hydrogens is 219 g/mol. The molecule has 1 amide bonds. The van der Waals surface area contributed by atoms with Crippen LogP contribution >= 0.6 is 0 Å². The zero-order chi connectivity index (χ0) is 12.6. The topological polar surface area (TPSA) is 55.1 Å². The van der Waals surface area contributed by atoms with Crippen LogP contribution in [0.15, 0.2) is 18.2 Å². The summed E-state index contributed by atoms with van der Waals surface area (Å²) in [6.07, 6.45) is 1.41. The molecular formula is C13H17FN2O. The van der Waals surface area contributed by atoms with E-state index in [0.717, 1.165) is 5.56 Å². The van der Waals surface area contributed by atoms with Crippen LogP contribution in [0.2, 0.25) is 0 Å². The van der Waals surface area contributed by atoms with Crippen LogP contribution < -0.4 is 11.1 Å². The lowest BCUT2D eigenvalue weighted by Gasteiger charge is -2.45. The van der Waals surface area contributed by atoms with Gasteiger partial charge in [0.05, 0.1) is 0 Å². The van der Waals surface area contributed by atoms with E-state index < -0.39 is 5.54 Å². The molecule has 3 nitrogen and oxygen atoms in total. The van der Waals surface area contributed by atoms with Gasteiger partial charge in [-0.15, -0.1) is 0 Å². The second-order valence-corrected chi connectivity index (χ2v) is 5.10. The first kappa shape index (κ1) is 11.9. The first-order valence-electron chi connectivity index (χ1n) is 5.76. The first-order valence-corrected chi connectivity index (χ1v) is 5.76. The van der Waals surface area contributed by atoms with Crippen LogP contribution in [-0.4, -0.2) is 11.4 Å². The number of hydrogen-bond acceptors (Lipinski definition) is 2. The Morgan fingerprint density at radius 2 is 2.12 bits per heavy atom. The van der Waals surface area contributed by atoms with Crippen molar-refractivity contribution in [3.05, 3.63) is 29.6 Å². The predicted octanol–water partition coefficient (Wildman–Crippen LogP) is 2.20. The fraction of sp³-hybridized carbons (Fsp3) is 0.462. The second-order valence-electron chi connectivity index (χ2n) is 5.10. The van der Waals surface area contributed by atoms with Crippen molar-refractivity contribution in [2.45, 2.75) is 32.2 Å². The van der Waals surface area contributed by atoms with E-state index in [2.05, 4.69) is 12.2 Å². The van der Waals surface area contributed by atoms with Crippen molar-refractivity contribution in [2.24, 2.45) is 11.7 Å². The summed E-state index contributed by atoms with van der Waals surface area (Å²) in [7, 11) is 0. The Balaban J connectivity index is 2.21. The Morgan fingerprint density at radius 3 is 2.59 bits per heavy atom. The van der Waals surface area contributed by atoms with Crippen LogP contribution in [0, 0.1) is 18.7 Å². The maximum Gasteiger partial charge on any atom is 0.243 e. The number of hydrogen-bond donors (Lipinski definition) is 2. The summed E-state index contributed by atoms with van der Waals surface area (Å²) in [6, 6.07) is 4.66. The van der Waals surface area contributed by atoms with Crippen molar-refractivity contribution in [3.8, 4) is 0 Å². The minimum Gasteiger partial charge on any atom is -0.371 e. The quantitative estimate of drug-likeness (QED) is 0.845. The Labute approximate surface area is 100 Å². The predicted molar refractivity (Wildman–Crippen MR) is 65.1 cm³/mol. The number of carbonyl (C=O) groups is 1. The summed E-state index contributed by atoms with van der Waals surface area (Å²) in [5.41, 5.74) is 6.17. The van der Waals surface area contributed by atoms with Gasteiger partial charge >= 0.3 is 0 Å². The van der Waals surface area contributed by atoms with Gasteiger partial charge < -0.3 is 11.1 Å². The number of carbonyl (C=O) groups excluding carboxylic acids is 1. The number of benzene rings is 1. The lowest BCUT2D eigenvalue weighted by molar-refractivity contribution is -0.126. The molecule has 0 radical (unpaired) electrons. The van der Waals surface area contributed by atoms with Crippen LogP contribution in [0.3, 0.4) is 0 Å². The number of nitrogens with one attached hydrogen (secondary N) is 1. The van der Waals surface area contributed by atoms with Crippen molar-refractivity contribution in [1.29, 1.82) is 0 Å². The van der Waals surface area contributed by atoms with Crippen LogP contribution in [0.4, 0.5) is 10.1 Å². The maximum absolute atomic E-state index is 13.2. The Morgan fingerprint density at radius 1 is 1.47 bits per heavy atom. The molecule has 0 aromatic heterocycles. The molecule has 0 spiro atoms. The molecule has 0 unspecified atom stereocenters. The fourth-order valence-electron chi connectivity index (χ4n) is 2.58. The molecule has 17 heavy (non-hydrogen) atoms. The number of aryl methyl sites for hydroxylation is 1. The normalized spacial score (nSPS) is 27.4. The molecule has 1 aromatic carbocycles. The zero-order valence-electron chi connectivity index (χ0n) is 10.1. The van der Waals surface area contributed by atoms with Gasteiger partial charge in [-0.05, 0) is 49.4 Å². The Kier molecular flexibility index (Phi) is 2.81. The molecule has 1 saturated carbocycles. The van der Waals surface area contributed by atoms with E-state index in [-0.39, 0.29) is 11.7 Å². The molecule has 0 bridgehead atoms. The summed E-state index contributed by atoms with van der Waals surface area (Å²) < 4.78 is 13.2. The lowest BCUT2D eigenvalue weighted by Crippen LogP contribution is -2.58. The van der Waals surface area contributed by atoms with Gasteiger partial charge in [-0.25, -0.2) is 4.39 Å². The number of amides is 1. The summed E-state index contributed by atoms with van der Waals surface area (Å²) in [6.45, 7) is 3.88. The average Bonchev–Trinajstić information content (AvgIpc) is 2.12. The monoisotopic (exact) mass is 236 g/mol. The SMILES string of the molecule is Cc1cc(F)cc(NC2(C(N)=O)CC(C)C2)c1. The second kappa shape index (κ2) is 4.02. The van der Waals surface area contributed by atoms with Gasteiger partial charge in [0.1, 0.15) is 11.4 Å². The van der Waals surface area contributed by atoms with Gasteiger partial charge in [0, 0.05) is 5.69 Å². The van der Waals surface area contributed by atoms with E-state index in [1.165, 1.54) is 12.1 Å². The van der Waals surface area contributed by atoms with Gasteiger partial charge in [0.15, 0.2) is 0 Å². The molecule has 0 atom stereocenters. The third-order valence-electron chi connectivity index (χ3n) is 3.29. The third-order valence-corrected chi connectivity index (χ3v) is 3.29. The number of nitrogens with two attached hydrogens (primary N) is 1. The standard InChI is InChI=1S/C13H17FN2O/c1-8-3-10(14)5-11(4-8)16-13(12(15)17)6-9(2)7-13/h3-5,9,16H,6-7H2,1-2H3,(H2,15,17). The number of halogens is 1. The van der Waals surface area contributed by atoms with E-state index in [1.807, 2.05) is 13.0 Å². The zero-order valence-corrected chi connectivity index (χ0v) is 10.1. The van der Waals surface area contributed by atoms with E-state index >= 15 is 0 Å². The average molecular weight is 236 g/mol. The molecule has 1 aromatic rings. The summed E-state index contributed by atoms with van der Waals surface area (Å²) >= 11 is 0. The van der Waals surface area contributed by atoms with E-state index in [9.17, 15) is 9.18 Å². The van der Waals surface area contributed by atoms with Gasteiger partial charge in [0.2, 0.25) is 5.91 Å². The third kappa shape index (κ3) is 2.25. The minimum absolute atomic E-state index is 0.306. The van der Waals surface area contributed by atoms with Crippen molar-refractivity contribution in [3.63, 3.8) is 0 Å². The van der Waals surface area contributed by atoms with Crippen LogP contribution in [-0.2, 0) is 4.79 Å². The smallest absolute Gasteiger partial charge is 0.243 e. The minimum atomic E-state index is -0.695. The molecule has 0 aliphatic heterocycles. The molecule has 2 rings (SSSR count). The largest absolute Gasteiger partial charge is 0.371 e. The molecule has 1 aliphatic rings. The van der Waals surface area contributed by atoms with E-state index in [4.69, 9.17) is 5.73 Å². The van der Waals surface area contributed by atoms with Crippen LogP contribution in [0.1, 0.15) is 25.3 Å². The molecule has 1 fully saturated rings. The van der Waals surface area contributed by atoms with Crippen molar-refractivity contribution < 1.29 is 9.18 Å². The summed E-state index contributed by atoms with van der Waals surface area (Å²) in [4.78, 5) is 11.5. The molecule has 0 heterocycles. The lowest BCUT2D eigenvalue weighted by atomic mass is 9.68. The first-order chi connectivity index (χ1) is 7.91. The molecule has 0 saturated heterocycles. The number of rotatable bonds is 3. The fourth-order valence-corrected chi connectivity index (χ4v) is 2.58. The maximum atomic E-state index is 13.2. The van der Waals surface area contributed by atoms with E-state index in [1.54, 1.807) is 0 Å². The highest BCUT2D eigenvalue weighted by molar-refractivity contribution is 5.89. The number of primary amides is 1. The van der Waals surface area contributed by atoms with Gasteiger partial charge in [0.25, 0.3) is 0 Å². The summed E-state index contributed by atoms with van der Waals surface area (Å²) in [5, 5.41) is 3.09. The van der Waals surface area contributed by atoms with E-state index in [0.29, 0.717) is 24.4 Å².